The van der Waals surface area contributed by atoms with Gasteiger partial charge in [0, 0.05) is 31.5 Å². The minimum absolute atomic E-state index is 0.0463. The average molecular weight is 266 g/mol. The number of hydrogen-bond acceptors (Lipinski definition) is 3. The van der Waals surface area contributed by atoms with Gasteiger partial charge >= 0.3 is 0 Å². The topological polar surface area (TPSA) is 46.4 Å². The fraction of sp³-hybridized carbons (Fsp3) is 0.733. The van der Waals surface area contributed by atoms with Gasteiger partial charge in [0.1, 0.15) is 0 Å². The van der Waals surface area contributed by atoms with Crippen LogP contribution in [-0.4, -0.2) is 36.0 Å². The van der Waals surface area contributed by atoms with Crippen molar-refractivity contribution in [1.82, 2.24) is 9.88 Å². The van der Waals surface area contributed by atoms with Crippen molar-refractivity contribution in [3.05, 3.63) is 24.0 Å². The number of nitrogens with zero attached hydrogens (tertiary/aromatic N) is 1. The van der Waals surface area contributed by atoms with Crippen LogP contribution in [0, 0.1) is 11.3 Å². The Labute approximate surface area is 115 Å². The van der Waals surface area contributed by atoms with Gasteiger partial charge in [-0.3, -0.25) is 0 Å². The molecule has 1 aliphatic heterocycles. The van der Waals surface area contributed by atoms with E-state index < -0.39 is 0 Å². The second-order valence-electron chi connectivity index (χ2n) is 6.13. The number of aryl methyl sites for hydroxylation is 1. The molecule has 2 N–H and O–H groups in total. The largest absolute Gasteiger partial charge is 0.396 e. The number of nitrogens with one attached hydrogen (secondary N) is 1. The van der Waals surface area contributed by atoms with Crippen molar-refractivity contribution in [2.75, 3.05) is 26.4 Å². The van der Waals surface area contributed by atoms with E-state index in [9.17, 15) is 5.11 Å². The van der Waals surface area contributed by atoms with Crippen LogP contribution in [-0.2, 0) is 17.8 Å². The van der Waals surface area contributed by atoms with E-state index in [1.165, 1.54) is 12.1 Å². The monoisotopic (exact) mass is 266 g/mol. The van der Waals surface area contributed by atoms with Gasteiger partial charge in [-0.25, -0.2) is 0 Å². The highest BCUT2D eigenvalue weighted by atomic mass is 16.5. The van der Waals surface area contributed by atoms with Crippen molar-refractivity contribution < 1.29 is 9.84 Å². The predicted molar refractivity (Wildman–Crippen MR) is 75.9 cm³/mol. The Morgan fingerprint density at radius 3 is 2.84 bits per heavy atom. The third-order valence-electron chi connectivity index (χ3n) is 3.83. The first-order chi connectivity index (χ1) is 9.15. The van der Waals surface area contributed by atoms with Crippen LogP contribution in [0.4, 0.5) is 0 Å². The summed E-state index contributed by atoms with van der Waals surface area (Å²) < 4.78 is 7.52. The van der Waals surface area contributed by atoms with Crippen LogP contribution in [0.2, 0.25) is 0 Å². The summed E-state index contributed by atoms with van der Waals surface area (Å²) >= 11 is 0. The zero-order valence-corrected chi connectivity index (χ0v) is 12.1. The summed E-state index contributed by atoms with van der Waals surface area (Å²) in [6, 6.07) is 4.27. The smallest absolute Gasteiger partial charge is 0.0579 e. The number of aromatic nitrogens is 1. The Bertz CT molecular complexity index is 378. The lowest BCUT2D eigenvalue weighted by Gasteiger charge is -2.40. The zero-order valence-electron chi connectivity index (χ0n) is 12.1. The maximum atomic E-state index is 9.37. The molecule has 2 rings (SSSR count). The molecule has 2 heterocycles. The van der Waals surface area contributed by atoms with E-state index in [1.54, 1.807) is 0 Å². The second-order valence-corrected chi connectivity index (χ2v) is 6.13. The molecule has 0 radical (unpaired) electrons. The van der Waals surface area contributed by atoms with Gasteiger partial charge in [0.25, 0.3) is 0 Å². The SMILES string of the molecule is CC(C)CCn1cccc1CNCC1(CO)COC1. The summed E-state index contributed by atoms with van der Waals surface area (Å²) in [7, 11) is 0. The molecule has 4 nitrogen and oxygen atoms in total. The number of ether oxygens (including phenoxy) is 1. The minimum atomic E-state index is -0.0463. The fourth-order valence-corrected chi connectivity index (χ4v) is 2.32. The molecule has 0 saturated carbocycles. The lowest BCUT2D eigenvalue weighted by atomic mass is 9.87. The van der Waals surface area contributed by atoms with Crippen LogP contribution in [0.5, 0.6) is 0 Å². The maximum absolute atomic E-state index is 9.37. The van der Waals surface area contributed by atoms with Crippen LogP contribution in [0.25, 0.3) is 0 Å². The molecule has 0 aliphatic carbocycles. The molecule has 1 aliphatic rings. The van der Waals surface area contributed by atoms with Crippen molar-refractivity contribution >= 4 is 0 Å². The van der Waals surface area contributed by atoms with E-state index in [2.05, 4.69) is 42.1 Å². The first kappa shape index (κ1) is 14.6. The normalized spacial score (nSPS) is 17.7. The van der Waals surface area contributed by atoms with Crippen LogP contribution in [0.3, 0.4) is 0 Å². The molecule has 1 saturated heterocycles. The summed E-state index contributed by atoms with van der Waals surface area (Å²) in [6.45, 7) is 8.80. The molecule has 0 aromatic carbocycles. The summed E-state index contributed by atoms with van der Waals surface area (Å²) in [5.74, 6) is 0.730. The molecular formula is C15H26N2O2. The van der Waals surface area contributed by atoms with E-state index in [0.717, 1.165) is 25.6 Å². The lowest BCUT2D eigenvalue weighted by molar-refractivity contribution is -0.134. The Kier molecular flexibility index (Phi) is 5.02. The molecule has 108 valence electrons. The maximum Gasteiger partial charge on any atom is 0.0579 e. The molecule has 1 fully saturated rings. The molecule has 0 spiro atoms. The van der Waals surface area contributed by atoms with Gasteiger partial charge < -0.3 is 19.7 Å². The lowest BCUT2D eigenvalue weighted by Crippen LogP contribution is -2.52. The Hall–Kier alpha value is -0.840. The first-order valence-electron chi connectivity index (χ1n) is 7.18. The number of rotatable bonds is 8. The van der Waals surface area contributed by atoms with Crippen LogP contribution >= 0.6 is 0 Å². The molecule has 0 amide bonds. The quantitative estimate of drug-likeness (QED) is 0.752. The van der Waals surface area contributed by atoms with Gasteiger partial charge in [0.15, 0.2) is 0 Å². The molecule has 0 bridgehead atoms. The highest BCUT2D eigenvalue weighted by Crippen LogP contribution is 2.25. The average Bonchev–Trinajstić information content (AvgIpc) is 2.77. The molecule has 4 heteroatoms. The molecule has 19 heavy (non-hydrogen) atoms. The van der Waals surface area contributed by atoms with Crippen molar-refractivity contribution in [2.45, 2.75) is 33.4 Å². The van der Waals surface area contributed by atoms with Crippen LogP contribution in [0.15, 0.2) is 18.3 Å². The van der Waals surface area contributed by atoms with E-state index in [-0.39, 0.29) is 12.0 Å². The Morgan fingerprint density at radius 1 is 1.47 bits per heavy atom. The third-order valence-corrected chi connectivity index (χ3v) is 3.83. The van der Waals surface area contributed by atoms with E-state index in [1.807, 2.05) is 0 Å². The molecule has 1 aromatic heterocycles. The standard InChI is InChI=1S/C15H26N2O2/c1-13(2)5-7-17-6-3-4-14(17)8-16-9-15(10-18)11-19-12-15/h3-4,6,13,16,18H,5,7-12H2,1-2H3. The van der Waals surface area contributed by atoms with E-state index >= 15 is 0 Å². The van der Waals surface area contributed by atoms with E-state index in [4.69, 9.17) is 4.74 Å². The molecule has 1 aromatic rings. The fourth-order valence-electron chi connectivity index (χ4n) is 2.32. The van der Waals surface area contributed by atoms with Crippen LogP contribution in [0.1, 0.15) is 26.0 Å². The Balaban J connectivity index is 1.78. The summed E-state index contributed by atoms with van der Waals surface area (Å²) in [6.07, 6.45) is 3.35. The summed E-state index contributed by atoms with van der Waals surface area (Å²) in [5.41, 5.74) is 1.27. The molecule has 0 unspecified atom stereocenters. The van der Waals surface area contributed by atoms with Gasteiger partial charge in [0.05, 0.1) is 25.2 Å². The number of aliphatic hydroxyl groups is 1. The van der Waals surface area contributed by atoms with E-state index in [0.29, 0.717) is 13.2 Å². The minimum Gasteiger partial charge on any atom is -0.396 e. The second kappa shape index (κ2) is 6.55. The zero-order chi connectivity index (χ0) is 13.7. The Morgan fingerprint density at radius 2 is 2.26 bits per heavy atom. The van der Waals surface area contributed by atoms with Gasteiger partial charge in [-0.1, -0.05) is 13.8 Å². The van der Waals surface area contributed by atoms with Gasteiger partial charge in [-0.15, -0.1) is 0 Å². The highest BCUT2D eigenvalue weighted by molar-refractivity contribution is 5.07. The molecule has 0 atom stereocenters. The summed E-state index contributed by atoms with van der Waals surface area (Å²) in [5, 5.41) is 12.8. The molecular weight excluding hydrogens is 240 g/mol. The highest BCUT2D eigenvalue weighted by Gasteiger charge is 2.37. The van der Waals surface area contributed by atoms with Crippen molar-refractivity contribution in [3.8, 4) is 0 Å². The first-order valence-corrected chi connectivity index (χ1v) is 7.18. The van der Waals surface area contributed by atoms with Gasteiger partial charge in [0.2, 0.25) is 0 Å². The third kappa shape index (κ3) is 3.81. The number of hydrogen-bond donors (Lipinski definition) is 2. The van der Waals surface area contributed by atoms with Crippen molar-refractivity contribution in [2.24, 2.45) is 11.3 Å². The number of aliphatic hydroxyl groups excluding tert-OH is 1. The summed E-state index contributed by atoms with van der Waals surface area (Å²) in [4.78, 5) is 0. The van der Waals surface area contributed by atoms with Gasteiger partial charge in [-0.2, -0.15) is 0 Å². The van der Waals surface area contributed by atoms with Crippen molar-refractivity contribution in [1.29, 1.82) is 0 Å². The predicted octanol–water partition coefficient (Wildman–Crippen LogP) is 1.63. The van der Waals surface area contributed by atoms with Crippen molar-refractivity contribution in [3.63, 3.8) is 0 Å². The van der Waals surface area contributed by atoms with Crippen LogP contribution < -0.4 is 5.32 Å². The van der Waals surface area contributed by atoms with Gasteiger partial charge in [-0.05, 0) is 24.5 Å².